The molecule has 3 rings (SSSR count). The van der Waals surface area contributed by atoms with Crippen LogP contribution < -0.4 is 15.7 Å². The van der Waals surface area contributed by atoms with E-state index in [-0.39, 0.29) is 12.3 Å². The Labute approximate surface area is 160 Å². The van der Waals surface area contributed by atoms with Crippen molar-refractivity contribution in [3.63, 3.8) is 0 Å². The molecule has 0 unspecified atom stereocenters. The molecule has 1 N–H and O–H groups in total. The van der Waals surface area contributed by atoms with Crippen LogP contribution in [0.5, 0.6) is 5.75 Å². The fourth-order valence-corrected chi connectivity index (χ4v) is 3.73. The molecule has 1 aromatic carbocycles. The van der Waals surface area contributed by atoms with Gasteiger partial charge < -0.3 is 14.5 Å². The SMILES string of the molecule is COc1ccc2c(C)c(CC(=O)Nc3nnc(CC(C)C)s3)c(=O)oc2c1. The summed E-state index contributed by atoms with van der Waals surface area (Å²) in [6.45, 7) is 5.99. The van der Waals surface area contributed by atoms with Gasteiger partial charge in [0, 0.05) is 17.9 Å². The molecule has 142 valence electrons. The van der Waals surface area contributed by atoms with E-state index in [9.17, 15) is 9.59 Å². The lowest BCUT2D eigenvalue weighted by Crippen LogP contribution is -2.20. The van der Waals surface area contributed by atoms with Gasteiger partial charge in [-0.05, 0) is 30.5 Å². The Hall–Kier alpha value is -2.74. The first-order valence-corrected chi connectivity index (χ1v) is 9.41. The number of nitrogens with one attached hydrogen (secondary N) is 1. The summed E-state index contributed by atoms with van der Waals surface area (Å²) in [7, 11) is 1.55. The lowest BCUT2D eigenvalue weighted by atomic mass is 10.0. The number of aromatic nitrogens is 2. The van der Waals surface area contributed by atoms with E-state index in [0.29, 0.717) is 27.9 Å². The first kappa shape index (κ1) is 19.0. The van der Waals surface area contributed by atoms with Crippen molar-refractivity contribution in [2.75, 3.05) is 12.4 Å². The minimum absolute atomic E-state index is 0.0881. The third-order valence-electron chi connectivity index (χ3n) is 4.13. The Morgan fingerprint density at radius 2 is 2.11 bits per heavy atom. The average Bonchev–Trinajstić information content (AvgIpc) is 3.04. The van der Waals surface area contributed by atoms with E-state index in [4.69, 9.17) is 9.15 Å². The van der Waals surface area contributed by atoms with E-state index < -0.39 is 5.63 Å². The van der Waals surface area contributed by atoms with Crippen molar-refractivity contribution in [1.29, 1.82) is 0 Å². The molecule has 0 radical (unpaired) electrons. The van der Waals surface area contributed by atoms with Crippen molar-refractivity contribution in [3.8, 4) is 5.75 Å². The number of fused-ring (bicyclic) bond motifs is 1. The fourth-order valence-electron chi connectivity index (χ4n) is 2.77. The molecule has 2 aromatic heterocycles. The second kappa shape index (κ2) is 7.87. The largest absolute Gasteiger partial charge is 0.497 e. The number of benzene rings is 1. The minimum atomic E-state index is -0.527. The van der Waals surface area contributed by atoms with Gasteiger partial charge in [-0.1, -0.05) is 25.2 Å². The topological polar surface area (TPSA) is 94.3 Å². The number of carbonyl (C=O) groups excluding carboxylic acids is 1. The highest BCUT2D eigenvalue weighted by Gasteiger charge is 2.17. The molecule has 7 nitrogen and oxygen atoms in total. The van der Waals surface area contributed by atoms with Gasteiger partial charge in [-0.15, -0.1) is 10.2 Å². The van der Waals surface area contributed by atoms with Crippen molar-refractivity contribution < 1.29 is 13.9 Å². The maximum Gasteiger partial charge on any atom is 0.340 e. The van der Waals surface area contributed by atoms with Crippen LogP contribution in [0.25, 0.3) is 11.0 Å². The van der Waals surface area contributed by atoms with Crippen molar-refractivity contribution in [2.24, 2.45) is 5.92 Å². The van der Waals surface area contributed by atoms with Crippen LogP contribution in [0.1, 0.15) is 30.0 Å². The molecular weight excluding hydrogens is 366 g/mol. The number of amides is 1. The number of rotatable bonds is 6. The smallest absolute Gasteiger partial charge is 0.340 e. The number of hydrogen-bond donors (Lipinski definition) is 1. The van der Waals surface area contributed by atoms with Gasteiger partial charge in [0.25, 0.3) is 0 Å². The van der Waals surface area contributed by atoms with Crippen LogP contribution in [0.3, 0.4) is 0 Å². The van der Waals surface area contributed by atoms with Gasteiger partial charge in [0.15, 0.2) is 0 Å². The Balaban J connectivity index is 1.80. The molecule has 27 heavy (non-hydrogen) atoms. The molecular formula is C19H21N3O4S. The molecule has 3 aromatic rings. The first-order valence-electron chi connectivity index (χ1n) is 8.60. The molecule has 0 saturated carbocycles. The molecule has 1 amide bonds. The van der Waals surface area contributed by atoms with Crippen LogP contribution in [-0.4, -0.2) is 23.2 Å². The highest BCUT2D eigenvalue weighted by molar-refractivity contribution is 7.15. The second-order valence-electron chi connectivity index (χ2n) is 6.68. The van der Waals surface area contributed by atoms with Gasteiger partial charge in [0.1, 0.15) is 16.3 Å². The summed E-state index contributed by atoms with van der Waals surface area (Å²) in [5, 5.41) is 12.8. The molecule has 0 atom stereocenters. The number of anilines is 1. The van der Waals surface area contributed by atoms with Gasteiger partial charge >= 0.3 is 5.63 Å². The van der Waals surface area contributed by atoms with E-state index in [1.54, 1.807) is 26.2 Å². The zero-order valence-electron chi connectivity index (χ0n) is 15.7. The lowest BCUT2D eigenvalue weighted by molar-refractivity contribution is -0.115. The highest BCUT2D eigenvalue weighted by Crippen LogP contribution is 2.24. The zero-order chi connectivity index (χ0) is 19.6. The van der Waals surface area contributed by atoms with Gasteiger partial charge in [-0.3, -0.25) is 4.79 Å². The van der Waals surface area contributed by atoms with Crippen LogP contribution >= 0.6 is 11.3 Å². The average molecular weight is 387 g/mol. The number of methoxy groups -OCH3 is 1. The fraction of sp³-hybridized carbons (Fsp3) is 0.368. The predicted octanol–water partition coefficient (Wildman–Crippen LogP) is 3.34. The Morgan fingerprint density at radius 3 is 2.81 bits per heavy atom. The van der Waals surface area contributed by atoms with Crippen molar-refractivity contribution in [2.45, 2.75) is 33.6 Å². The van der Waals surface area contributed by atoms with Crippen LogP contribution in [0, 0.1) is 12.8 Å². The number of carbonyl (C=O) groups is 1. The van der Waals surface area contributed by atoms with Crippen LogP contribution in [-0.2, 0) is 17.6 Å². The Kier molecular flexibility index (Phi) is 5.55. The van der Waals surface area contributed by atoms with Crippen molar-refractivity contribution in [3.05, 3.63) is 44.8 Å². The highest BCUT2D eigenvalue weighted by atomic mass is 32.1. The number of ether oxygens (including phenoxy) is 1. The molecule has 2 heterocycles. The third kappa shape index (κ3) is 4.33. The van der Waals surface area contributed by atoms with E-state index >= 15 is 0 Å². The predicted molar refractivity (Wildman–Crippen MR) is 105 cm³/mol. The molecule has 0 spiro atoms. The van der Waals surface area contributed by atoms with Crippen molar-refractivity contribution in [1.82, 2.24) is 10.2 Å². The van der Waals surface area contributed by atoms with Crippen LogP contribution in [0.4, 0.5) is 5.13 Å². The normalized spacial score (nSPS) is 11.1. The lowest BCUT2D eigenvalue weighted by Gasteiger charge is -2.08. The quantitative estimate of drug-likeness (QED) is 0.652. The third-order valence-corrected chi connectivity index (χ3v) is 4.99. The van der Waals surface area contributed by atoms with Crippen LogP contribution in [0.2, 0.25) is 0 Å². The summed E-state index contributed by atoms with van der Waals surface area (Å²) in [4.78, 5) is 24.7. The molecule has 0 fully saturated rings. The second-order valence-corrected chi connectivity index (χ2v) is 7.74. The summed E-state index contributed by atoms with van der Waals surface area (Å²) >= 11 is 1.35. The molecule has 0 aliphatic carbocycles. The summed E-state index contributed by atoms with van der Waals surface area (Å²) in [6.07, 6.45) is 0.722. The maximum atomic E-state index is 12.4. The van der Waals surface area contributed by atoms with Gasteiger partial charge in [-0.25, -0.2) is 4.79 Å². The molecule has 8 heteroatoms. The molecule has 0 bridgehead atoms. The van der Waals surface area contributed by atoms with Crippen molar-refractivity contribution >= 4 is 33.3 Å². The standard InChI is InChI=1S/C19H21N3O4S/c1-10(2)7-17-21-22-19(27-17)20-16(23)9-14-11(3)13-6-5-12(25-4)8-15(13)26-18(14)24/h5-6,8,10H,7,9H2,1-4H3,(H,20,22,23). The van der Waals surface area contributed by atoms with Gasteiger partial charge in [-0.2, -0.15) is 0 Å². The summed E-state index contributed by atoms with van der Waals surface area (Å²) in [5.41, 5.74) is 0.957. The Bertz CT molecular complexity index is 1040. The van der Waals surface area contributed by atoms with E-state index in [2.05, 4.69) is 29.4 Å². The zero-order valence-corrected chi connectivity index (χ0v) is 16.5. The summed E-state index contributed by atoms with van der Waals surface area (Å²) in [6, 6.07) is 5.26. The van der Waals surface area contributed by atoms with Gasteiger partial charge in [0.2, 0.25) is 11.0 Å². The first-order chi connectivity index (χ1) is 12.9. The van der Waals surface area contributed by atoms with E-state index in [0.717, 1.165) is 22.4 Å². The number of nitrogens with zero attached hydrogens (tertiary/aromatic N) is 2. The summed E-state index contributed by atoms with van der Waals surface area (Å²) in [5.74, 6) is 0.736. The number of hydrogen-bond acceptors (Lipinski definition) is 7. The van der Waals surface area contributed by atoms with E-state index in [1.165, 1.54) is 11.3 Å². The molecule has 0 aliphatic rings. The molecule has 0 saturated heterocycles. The molecule has 0 aliphatic heterocycles. The summed E-state index contributed by atoms with van der Waals surface area (Å²) < 4.78 is 10.5. The minimum Gasteiger partial charge on any atom is -0.497 e. The van der Waals surface area contributed by atoms with E-state index in [1.807, 2.05) is 6.07 Å². The van der Waals surface area contributed by atoms with Crippen LogP contribution in [0.15, 0.2) is 27.4 Å². The van der Waals surface area contributed by atoms with Gasteiger partial charge in [0.05, 0.1) is 19.1 Å². The maximum absolute atomic E-state index is 12.4. The number of aryl methyl sites for hydroxylation is 1. The Morgan fingerprint density at radius 1 is 1.33 bits per heavy atom. The monoisotopic (exact) mass is 387 g/mol.